The number of rotatable bonds is 12. The number of nitrogens with zero attached hydrogens (tertiary/aromatic N) is 4. The first-order chi connectivity index (χ1) is 15.4. The Morgan fingerprint density at radius 1 is 0.938 bits per heavy atom. The zero-order valence-electron chi connectivity index (χ0n) is 17.3. The highest BCUT2D eigenvalue weighted by atomic mass is 16.6. The second-order valence-corrected chi connectivity index (χ2v) is 6.19. The molecule has 0 heterocycles. The van der Waals surface area contributed by atoms with Crippen molar-refractivity contribution in [1.82, 2.24) is 0 Å². The largest absolute Gasteiger partial charge is 0.461 e. The fourth-order valence-corrected chi connectivity index (χ4v) is 2.55. The minimum absolute atomic E-state index is 0.111. The molecule has 166 valence electrons. The summed E-state index contributed by atoms with van der Waals surface area (Å²) in [6.07, 6.45) is 2.15. The molecule has 0 radical (unpaired) electrons. The first-order valence-electron chi connectivity index (χ1n) is 9.53. The molecule has 0 atom stereocenters. The second kappa shape index (κ2) is 12.4. The van der Waals surface area contributed by atoms with Gasteiger partial charge in [0.05, 0.1) is 23.7 Å². The molecule has 0 fully saturated rings. The second-order valence-electron chi connectivity index (χ2n) is 6.19. The molecule has 0 N–H and O–H groups in total. The summed E-state index contributed by atoms with van der Waals surface area (Å²) < 4.78 is 10.0. The van der Waals surface area contributed by atoms with E-state index in [2.05, 4.69) is 23.4 Å². The molecule has 0 unspecified atom stereocenters. The van der Waals surface area contributed by atoms with Crippen molar-refractivity contribution in [3.05, 3.63) is 84.0 Å². The number of anilines is 1. The van der Waals surface area contributed by atoms with Crippen LogP contribution in [0.5, 0.6) is 0 Å². The zero-order valence-corrected chi connectivity index (χ0v) is 17.3. The smallest absolute Gasteiger partial charge is 0.330 e. The molecule has 2 aromatic carbocycles. The van der Waals surface area contributed by atoms with Crippen molar-refractivity contribution in [3.63, 3.8) is 0 Å². The molecular formula is C22H22N4O6. The molecule has 2 rings (SSSR count). The van der Waals surface area contributed by atoms with Crippen molar-refractivity contribution in [2.45, 2.75) is 0 Å². The van der Waals surface area contributed by atoms with Crippen LogP contribution in [0, 0.1) is 10.1 Å². The molecule has 0 amide bonds. The molecule has 2 aromatic rings. The highest BCUT2D eigenvalue weighted by Crippen LogP contribution is 2.28. The lowest BCUT2D eigenvalue weighted by atomic mass is 10.2. The minimum Gasteiger partial charge on any atom is -0.461 e. The summed E-state index contributed by atoms with van der Waals surface area (Å²) in [5, 5.41) is 19.1. The zero-order chi connectivity index (χ0) is 23.3. The fourth-order valence-electron chi connectivity index (χ4n) is 2.55. The average molecular weight is 438 g/mol. The summed E-state index contributed by atoms with van der Waals surface area (Å²) in [6.45, 7) is 7.61. The average Bonchev–Trinajstić information content (AvgIpc) is 2.81. The van der Waals surface area contributed by atoms with Gasteiger partial charge in [0.15, 0.2) is 5.69 Å². The van der Waals surface area contributed by atoms with Crippen LogP contribution in [0.2, 0.25) is 0 Å². The summed E-state index contributed by atoms with van der Waals surface area (Å²) in [5.74, 6) is -1.07. The van der Waals surface area contributed by atoms with Gasteiger partial charge in [-0.05, 0) is 30.3 Å². The van der Waals surface area contributed by atoms with Crippen molar-refractivity contribution in [2.24, 2.45) is 10.2 Å². The number of nitro groups is 1. The number of carbonyl (C=O) groups excluding carboxylic acids is 2. The van der Waals surface area contributed by atoms with Gasteiger partial charge in [0.25, 0.3) is 5.69 Å². The van der Waals surface area contributed by atoms with Crippen molar-refractivity contribution in [2.75, 3.05) is 31.2 Å². The van der Waals surface area contributed by atoms with Crippen molar-refractivity contribution >= 4 is 34.7 Å². The van der Waals surface area contributed by atoms with Crippen molar-refractivity contribution in [1.29, 1.82) is 0 Å². The molecule has 0 bridgehead atoms. The van der Waals surface area contributed by atoms with Gasteiger partial charge >= 0.3 is 11.9 Å². The SMILES string of the molecule is C=CC(=O)OCCN(CCOC(=O)C=C)c1ccc(N=Nc2ccccc2[N+](=O)[O-])cc1. The summed E-state index contributed by atoms with van der Waals surface area (Å²) in [7, 11) is 0. The molecule has 0 aromatic heterocycles. The molecule has 0 saturated heterocycles. The molecular weight excluding hydrogens is 416 g/mol. The van der Waals surface area contributed by atoms with E-state index in [0.717, 1.165) is 17.8 Å². The van der Waals surface area contributed by atoms with E-state index in [-0.39, 0.29) is 24.6 Å². The van der Waals surface area contributed by atoms with Gasteiger partial charge in [-0.15, -0.1) is 5.11 Å². The number of benzene rings is 2. The fraction of sp³-hybridized carbons (Fsp3) is 0.182. The van der Waals surface area contributed by atoms with Crippen LogP contribution in [0.4, 0.5) is 22.7 Å². The van der Waals surface area contributed by atoms with Crippen LogP contribution in [0.15, 0.2) is 84.1 Å². The van der Waals surface area contributed by atoms with Gasteiger partial charge in [-0.25, -0.2) is 9.59 Å². The Morgan fingerprint density at radius 2 is 1.50 bits per heavy atom. The molecule has 32 heavy (non-hydrogen) atoms. The van der Waals surface area contributed by atoms with Gasteiger partial charge in [0.1, 0.15) is 13.2 Å². The Kier molecular flexibility index (Phi) is 9.26. The van der Waals surface area contributed by atoms with Gasteiger partial charge < -0.3 is 14.4 Å². The van der Waals surface area contributed by atoms with Crippen LogP contribution in [-0.4, -0.2) is 43.2 Å². The van der Waals surface area contributed by atoms with E-state index in [1.807, 2.05) is 4.90 Å². The highest BCUT2D eigenvalue weighted by Gasteiger charge is 2.12. The maximum atomic E-state index is 11.3. The number of azo groups is 1. The van der Waals surface area contributed by atoms with Crippen molar-refractivity contribution in [3.8, 4) is 0 Å². The Balaban J connectivity index is 2.10. The first-order valence-corrected chi connectivity index (χ1v) is 9.53. The lowest BCUT2D eigenvalue weighted by Gasteiger charge is -2.24. The van der Waals surface area contributed by atoms with Gasteiger partial charge in [0.2, 0.25) is 0 Å². The number of para-hydroxylation sites is 1. The van der Waals surface area contributed by atoms with Gasteiger partial charge in [-0.1, -0.05) is 25.3 Å². The van der Waals surface area contributed by atoms with E-state index in [0.29, 0.717) is 18.8 Å². The third kappa shape index (κ3) is 7.48. The molecule has 0 aliphatic heterocycles. The van der Waals surface area contributed by atoms with Crippen LogP contribution in [-0.2, 0) is 19.1 Å². The van der Waals surface area contributed by atoms with E-state index in [1.54, 1.807) is 36.4 Å². The molecule has 0 saturated carbocycles. The number of carbonyl (C=O) groups is 2. The van der Waals surface area contributed by atoms with Crippen LogP contribution in [0.3, 0.4) is 0 Å². The first kappa shape index (κ1) is 23.9. The van der Waals surface area contributed by atoms with E-state index in [1.165, 1.54) is 12.1 Å². The lowest BCUT2D eigenvalue weighted by molar-refractivity contribution is -0.384. The van der Waals surface area contributed by atoms with Crippen LogP contribution >= 0.6 is 0 Å². The number of hydrogen-bond acceptors (Lipinski definition) is 9. The number of esters is 2. The van der Waals surface area contributed by atoms with Crippen LogP contribution < -0.4 is 4.90 Å². The van der Waals surface area contributed by atoms with Gasteiger partial charge in [-0.2, -0.15) is 5.11 Å². The van der Waals surface area contributed by atoms with E-state index in [4.69, 9.17) is 9.47 Å². The third-order valence-electron chi connectivity index (χ3n) is 4.11. The molecule has 10 nitrogen and oxygen atoms in total. The van der Waals surface area contributed by atoms with E-state index >= 15 is 0 Å². The normalized spacial score (nSPS) is 10.4. The summed E-state index contributed by atoms with van der Waals surface area (Å²) >= 11 is 0. The maximum absolute atomic E-state index is 11.3. The predicted molar refractivity (Wildman–Crippen MR) is 118 cm³/mol. The van der Waals surface area contributed by atoms with Gasteiger partial charge in [-0.3, -0.25) is 10.1 Å². The molecule has 10 heteroatoms. The number of nitro benzene ring substituents is 1. The van der Waals surface area contributed by atoms with E-state index < -0.39 is 16.9 Å². The maximum Gasteiger partial charge on any atom is 0.330 e. The highest BCUT2D eigenvalue weighted by molar-refractivity contribution is 5.81. The minimum atomic E-state index is -0.534. The Morgan fingerprint density at radius 3 is 2.03 bits per heavy atom. The molecule has 0 spiro atoms. The Labute approximate surface area is 184 Å². The van der Waals surface area contributed by atoms with Gasteiger partial charge in [0, 0.05) is 23.9 Å². The summed E-state index contributed by atoms with van der Waals surface area (Å²) in [5.41, 5.74) is 1.26. The number of hydrogen-bond donors (Lipinski definition) is 0. The topological polar surface area (TPSA) is 124 Å². The number of ether oxygens (including phenoxy) is 2. The van der Waals surface area contributed by atoms with Crippen LogP contribution in [0.1, 0.15) is 0 Å². The monoisotopic (exact) mass is 438 g/mol. The summed E-state index contributed by atoms with van der Waals surface area (Å²) in [4.78, 5) is 34.9. The third-order valence-corrected chi connectivity index (χ3v) is 4.11. The Bertz CT molecular complexity index is 978. The van der Waals surface area contributed by atoms with Crippen molar-refractivity contribution < 1.29 is 24.0 Å². The standard InChI is InChI=1S/C22H22N4O6/c1-3-21(27)31-15-13-25(14-16-32-22(28)4-2)18-11-9-17(10-12-18)23-24-19-7-5-6-8-20(19)26(29)30/h3-12H,1-2,13-16H2. The molecule has 0 aliphatic rings. The Hall–Kier alpha value is -4.34. The van der Waals surface area contributed by atoms with E-state index in [9.17, 15) is 19.7 Å². The lowest BCUT2D eigenvalue weighted by Crippen LogP contribution is -2.31. The quantitative estimate of drug-likeness (QED) is 0.159. The summed E-state index contributed by atoms with van der Waals surface area (Å²) in [6, 6.07) is 13.0. The predicted octanol–water partition coefficient (Wildman–Crippen LogP) is 4.28. The molecule has 0 aliphatic carbocycles. The van der Waals surface area contributed by atoms with Crippen LogP contribution in [0.25, 0.3) is 0 Å².